The van der Waals surface area contributed by atoms with Crippen molar-refractivity contribution in [2.75, 3.05) is 17.7 Å². The Morgan fingerprint density at radius 1 is 1.16 bits per heavy atom. The molecule has 13 heteroatoms. The summed E-state index contributed by atoms with van der Waals surface area (Å²) in [7, 11) is 1.65. The number of aromatic nitrogens is 5. The lowest BCUT2D eigenvalue weighted by Crippen LogP contribution is -2.41. The Hall–Kier alpha value is -5.02. The molecule has 0 aliphatic rings. The zero-order valence-electron chi connectivity index (χ0n) is 20.0. The zero-order chi connectivity index (χ0) is 27.0. The quantitative estimate of drug-likeness (QED) is 0.334. The van der Waals surface area contributed by atoms with Crippen LogP contribution in [0.2, 0.25) is 5.02 Å². The summed E-state index contributed by atoms with van der Waals surface area (Å²) >= 11 is 6.45. The molecule has 0 bridgehead atoms. The third kappa shape index (κ3) is 4.58. The number of aryl methyl sites for hydroxylation is 1. The summed E-state index contributed by atoms with van der Waals surface area (Å²) in [4.78, 5) is 39.2. The van der Waals surface area contributed by atoms with Gasteiger partial charge in [-0.05, 0) is 42.3 Å². The lowest BCUT2D eigenvalue weighted by molar-refractivity contribution is 0.620. The number of halogens is 2. The van der Waals surface area contributed by atoms with Crippen molar-refractivity contribution < 1.29 is 8.81 Å². The predicted molar refractivity (Wildman–Crippen MR) is 139 cm³/mol. The van der Waals surface area contributed by atoms with Gasteiger partial charge in [0.2, 0.25) is 5.95 Å². The fourth-order valence-electron chi connectivity index (χ4n) is 3.82. The van der Waals surface area contributed by atoms with E-state index in [1.807, 2.05) is 0 Å². The van der Waals surface area contributed by atoms with Crippen molar-refractivity contribution in [2.45, 2.75) is 13.5 Å². The molecule has 11 nitrogen and oxygen atoms in total. The Balaban J connectivity index is 1.68. The Kier molecular flexibility index (Phi) is 6.36. The van der Waals surface area contributed by atoms with Crippen molar-refractivity contribution in [3.05, 3.63) is 97.3 Å². The fraction of sp³-hybridized carbons (Fsp3) is 0.120. The molecule has 0 aliphatic carbocycles. The van der Waals surface area contributed by atoms with Crippen molar-refractivity contribution in [3.8, 4) is 11.8 Å². The molecule has 0 saturated carbocycles. The van der Waals surface area contributed by atoms with E-state index in [0.717, 1.165) is 16.2 Å². The lowest BCUT2D eigenvalue weighted by atomic mass is 10.1. The van der Waals surface area contributed by atoms with Gasteiger partial charge in [0.25, 0.3) is 6.01 Å². The highest BCUT2D eigenvalue weighted by molar-refractivity contribution is 6.34. The molecule has 5 rings (SSSR count). The van der Waals surface area contributed by atoms with Crippen LogP contribution in [0.1, 0.15) is 16.7 Å². The summed E-state index contributed by atoms with van der Waals surface area (Å²) < 4.78 is 21.6. The molecule has 0 spiro atoms. The first kappa shape index (κ1) is 24.7. The molecule has 2 N–H and O–H groups in total. The third-order valence-corrected chi connectivity index (χ3v) is 5.93. The first-order chi connectivity index (χ1) is 18.3. The monoisotopic (exact) mass is 532 g/mol. The van der Waals surface area contributed by atoms with E-state index in [9.17, 15) is 19.2 Å². The highest BCUT2D eigenvalue weighted by Crippen LogP contribution is 2.31. The van der Waals surface area contributed by atoms with Crippen LogP contribution in [0.5, 0.6) is 0 Å². The minimum absolute atomic E-state index is 0.130. The molecule has 38 heavy (non-hydrogen) atoms. The highest BCUT2D eigenvalue weighted by Gasteiger charge is 2.18. The largest absolute Gasteiger partial charge is 0.423 e. The second-order valence-electron chi connectivity index (χ2n) is 8.26. The van der Waals surface area contributed by atoms with Crippen LogP contribution in [0.4, 0.5) is 22.0 Å². The predicted octanol–water partition coefficient (Wildman–Crippen LogP) is 3.74. The molecule has 3 aromatic heterocycles. The van der Waals surface area contributed by atoms with E-state index in [0.29, 0.717) is 22.4 Å². The first-order valence-corrected chi connectivity index (χ1v) is 11.5. The van der Waals surface area contributed by atoms with Gasteiger partial charge in [-0.15, -0.1) is 0 Å². The second kappa shape index (κ2) is 9.79. The van der Waals surface area contributed by atoms with Crippen LogP contribution in [0.15, 0.2) is 62.8 Å². The maximum Gasteiger partial charge on any atom is 0.359 e. The minimum atomic E-state index is -0.854. The summed E-state index contributed by atoms with van der Waals surface area (Å²) in [6.07, 6.45) is 2.95. The second-order valence-corrected chi connectivity index (χ2v) is 8.67. The average molecular weight is 533 g/mol. The molecule has 190 valence electrons. The molecule has 3 heterocycles. The third-order valence-electron chi connectivity index (χ3n) is 5.62. The molecule has 0 aliphatic heterocycles. The van der Waals surface area contributed by atoms with E-state index in [2.05, 4.69) is 25.6 Å². The summed E-state index contributed by atoms with van der Waals surface area (Å²) in [6, 6.07) is 10.7. The van der Waals surface area contributed by atoms with Gasteiger partial charge in [0, 0.05) is 19.3 Å². The van der Waals surface area contributed by atoms with Crippen LogP contribution in [0.25, 0.3) is 16.8 Å². The van der Waals surface area contributed by atoms with Crippen LogP contribution in [0.3, 0.4) is 0 Å². The van der Waals surface area contributed by atoms with E-state index in [-0.39, 0.29) is 34.8 Å². The van der Waals surface area contributed by atoms with E-state index in [1.165, 1.54) is 22.9 Å². The van der Waals surface area contributed by atoms with Gasteiger partial charge >= 0.3 is 11.4 Å². The number of hydrogen-bond donors (Lipinski definition) is 2. The van der Waals surface area contributed by atoms with Crippen LogP contribution in [0, 0.1) is 24.1 Å². The molecule has 0 amide bonds. The van der Waals surface area contributed by atoms with Gasteiger partial charge in [-0.2, -0.15) is 15.2 Å². The van der Waals surface area contributed by atoms with Gasteiger partial charge in [-0.3, -0.25) is 9.55 Å². The molecule has 2 aromatic carbocycles. The Morgan fingerprint density at radius 2 is 1.97 bits per heavy atom. The Labute approximate surface area is 218 Å². The Morgan fingerprint density at radius 3 is 2.71 bits per heavy atom. The van der Waals surface area contributed by atoms with E-state index < -0.39 is 17.2 Å². The maximum atomic E-state index is 13.9. The van der Waals surface area contributed by atoms with E-state index in [4.69, 9.17) is 16.0 Å². The van der Waals surface area contributed by atoms with Crippen LogP contribution in [-0.4, -0.2) is 31.1 Å². The molecule has 0 radical (unpaired) electrons. The van der Waals surface area contributed by atoms with Crippen molar-refractivity contribution in [1.82, 2.24) is 24.1 Å². The van der Waals surface area contributed by atoms with Crippen molar-refractivity contribution in [3.63, 3.8) is 0 Å². The van der Waals surface area contributed by atoms with E-state index in [1.54, 1.807) is 44.4 Å². The molecule has 5 aromatic rings. The maximum absolute atomic E-state index is 13.9. The topological polar surface area (TPSA) is 144 Å². The van der Waals surface area contributed by atoms with Gasteiger partial charge in [0.1, 0.15) is 17.4 Å². The molecular formula is C25H18ClFN8O3. The summed E-state index contributed by atoms with van der Waals surface area (Å²) in [5.74, 6) is -0.821. The number of nitriles is 1. The summed E-state index contributed by atoms with van der Waals surface area (Å²) in [6.45, 7) is 1.63. The number of hydrogen-bond acceptors (Lipinski definition) is 9. The normalized spacial score (nSPS) is 10.9. The summed E-state index contributed by atoms with van der Waals surface area (Å²) in [5.41, 5.74) is 0.790. The van der Waals surface area contributed by atoms with Gasteiger partial charge in [-0.1, -0.05) is 17.7 Å². The molecule has 0 fully saturated rings. The number of nitrogens with one attached hydrogen (secondary N) is 2. The number of benzene rings is 2. The number of nitrogens with zero attached hydrogens (tertiary/aromatic N) is 6. The van der Waals surface area contributed by atoms with Crippen molar-refractivity contribution in [1.29, 1.82) is 5.26 Å². The van der Waals surface area contributed by atoms with Crippen LogP contribution in [-0.2, 0) is 6.54 Å². The number of pyridine rings is 1. The van der Waals surface area contributed by atoms with Gasteiger partial charge in [0.05, 0.1) is 34.7 Å². The lowest BCUT2D eigenvalue weighted by Gasteiger charge is -2.16. The molecule has 0 atom stereocenters. The standard InChI is InChI=1S/C25H18ClFN8O3/c1-13-5-16(11-30-10-13)35-24(36)33-22(31-19-8-21-20(7-17(19)26)32-23(29-2)38-21)34(25(35)37)12-14-3-4-18(27)15(6-14)9-28/h3-8,10-11H,12H2,1-2H3,(H,29,32)(H,31,33,36). The fourth-order valence-corrected chi connectivity index (χ4v) is 4.03. The van der Waals surface area contributed by atoms with Gasteiger partial charge < -0.3 is 15.1 Å². The first-order valence-electron chi connectivity index (χ1n) is 11.2. The Bertz CT molecular complexity index is 1870. The van der Waals surface area contributed by atoms with E-state index >= 15 is 0 Å². The molecule has 0 unspecified atom stereocenters. The molecule has 0 saturated heterocycles. The van der Waals surface area contributed by atoms with Gasteiger partial charge in [-0.25, -0.2) is 18.5 Å². The average Bonchev–Trinajstić information content (AvgIpc) is 3.29. The van der Waals surface area contributed by atoms with Gasteiger partial charge in [0.15, 0.2) is 5.58 Å². The number of rotatable bonds is 6. The SMILES string of the molecule is CNc1nc2cc(Cl)c(Nc3nc(=O)n(-c4cncc(C)c4)c(=O)n3Cc3ccc(F)c(C#N)c3)cc2o1. The van der Waals surface area contributed by atoms with Crippen molar-refractivity contribution >= 4 is 40.4 Å². The number of fused-ring (bicyclic) bond motifs is 1. The van der Waals surface area contributed by atoms with Crippen LogP contribution < -0.4 is 22.0 Å². The van der Waals surface area contributed by atoms with Crippen LogP contribution >= 0.6 is 11.6 Å². The minimum Gasteiger partial charge on any atom is -0.423 e. The summed E-state index contributed by atoms with van der Waals surface area (Å²) in [5, 5.41) is 15.2. The zero-order valence-corrected chi connectivity index (χ0v) is 20.7. The molecular weight excluding hydrogens is 515 g/mol. The smallest absolute Gasteiger partial charge is 0.359 e. The number of oxazole rings is 1. The highest BCUT2D eigenvalue weighted by atomic mass is 35.5. The number of anilines is 3. The van der Waals surface area contributed by atoms with Crippen molar-refractivity contribution in [2.24, 2.45) is 0 Å².